The summed E-state index contributed by atoms with van der Waals surface area (Å²) in [5, 5.41) is 0. The summed E-state index contributed by atoms with van der Waals surface area (Å²) in [7, 11) is 0. The van der Waals surface area contributed by atoms with E-state index < -0.39 is 0 Å². The van der Waals surface area contributed by atoms with E-state index in [9.17, 15) is 0 Å². The van der Waals surface area contributed by atoms with Crippen LogP contribution in [-0.2, 0) is 6.42 Å². The number of hydrogen-bond donors (Lipinski definition) is 0. The highest BCUT2D eigenvalue weighted by molar-refractivity contribution is 5.27. The first-order chi connectivity index (χ1) is 7.86. The van der Waals surface area contributed by atoms with Gasteiger partial charge in [0.05, 0.1) is 0 Å². The Labute approximate surface area is 101 Å². The molecule has 1 aromatic rings. The lowest BCUT2D eigenvalue weighted by Gasteiger charge is -2.03. The molecule has 1 aromatic carbocycles. The molecule has 16 heavy (non-hydrogen) atoms. The molecule has 0 N–H and O–H groups in total. The maximum atomic E-state index is 2.32. The highest BCUT2D eigenvalue weighted by atomic mass is 14.0. The molecule has 1 rings (SSSR count). The molecule has 0 bridgehead atoms. The molecule has 0 heterocycles. The van der Waals surface area contributed by atoms with Crippen molar-refractivity contribution < 1.29 is 0 Å². The topological polar surface area (TPSA) is 0 Å². The predicted octanol–water partition coefficient (Wildman–Crippen LogP) is 5.16. The van der Waals surface area contributed by atoms with Crippen molar-refractivity contribution in [2.24, 2.45) is 0 Å². The van der Waals surface area contributed by atoms with Gasteiger partial charge in [0.15, 0.2) is 0 Å². The van der Waals surface area contributed by atoms with Crippen LogP contribution in [0.1, 0.15) is 63.5 Å². The third-order valence-electron chi connectivity index (χ3n) is 2.97. The molecular formula is C16H25. The van der Waals surface area contributed by atoms with Gasteiger partial charge in [0.1, 0.15) is 0 Å². The Morgan fingerprint density at radius 1 is 0.875 bits per heavy atom. The summed E-state index contributed by atoms with van der Waals surface area (Å²) >= 11 is 0. The van der Waals surface area contributed by atoms with E-state index in [0.717, 1.165) is 0 Å². The lowest BCUT2D eigenvalue weighted by Crippen LogP contribution is -1.87. The minimum atomic E-state index is 1.19. The van der Waals surface area contributed by atoms with E-state index in [0.29, 0.717) is 0 Å². The van der Waals surface area contributed by atoms with Crippen LogP contribution in [-0.4, -0.2) is 0 Å². The Hall–Kier alpha value is -0.780. The van der Waals surface area contributed by atoms with Crippen LogP contribution in [0.25, 0.3) is 0 Å². The van der Waals surface area contributed by atoms with E-state index in [2.05, 4.69) is 44.5 Å². The van der Waals surface area contributed by atoms with Crippen molar-refractivity contribution in [3.8, 4) is 0 Å². The summed E-state index contributed by atoms with van der Waals surface area (Å²) in [6.07, 6.45) is 11.4. The van der Waals surface area contributed by atoms with E-state index in [4.69, 9.17) is 0 Å². The summed E-state index contributed by atoms with van der Waals surface area (Å²) in [5.41, 5.74) is 2.86. The molecular weight excluding hydrogens is 192 g/mol. The van der Waals surface area contributed by atoms with E-state index >= 15 is 0 Å². The molecule has 0 fully saturated rings. The first-order valence-corrected chi connectivity index (χ1v) is 6.79. The Morgan fingerprint density at radius 2 is 1.62 bits per heavy atom. The predicted molar refractivity (Wildman–Crippen MR) is 72.6 cm³/mol. The molecule has 0 aliphatic heterocycles. The SMILES string of the molecule is CCC[CH]c1ccc(CCCCCC)cc1. The van der Waals surface area contributed by atoms with E-state index in [1.807, 2.05) is 0 Å². The minimum Gasteiger partial charge on any atom is -0.0654 e. The molecule has 0 aliphatic rings. The van der Waals surface area contributed by atoms with E-state index in [1.165, 1.54) is 56.1 Å². The second-order valence-electron chi connectivity index (χ2n) is 4.55. The maximum absolute atomic E-state index is 2.32. The molecule has 0 saturated carbocycles. The van der Waals surface area contributed by atoms with E-state index in [1.54, 1.807) is 0 Å². The van der Waals surface area contributed by atoms with Crippen LogP contribution >= 0.6 is 0 Å². The molecule has 0 nitrogen and oxygen atoms in total. The summed E-state index contributed by atoms with van der Waals surface area (Å²) in [6, 6.07) is 9.08. The highest BCUT2D eigenvalue weighted by Crippen LogP contribution is 2.12. The number of rotatable bonds is 8. The monoisotopic (exact) mass is 217 g/mol. The summed E-state index contributed by atoms with van der Waals surface area (Å²) in [4.78, 5) is 0. The van der Waals surface area contributed by atoms with Crippen LogP contribution in [0, 0.1) is 6.42 Å². The van der Waals surface area contributed by atoms with Crippen molar-refractivity contribution in [2.45, 2.75) is 58.8 Å². The second-order valence-corrected chi connectivity index (χ2v) is 4.55. The number of unbranched alkanes of at least 4 members (excludes halogenated alkanes) is 4. The van der Waals surface area contributed by atoms with Gasteiger partial charge >= 0.3 is 0 Å². The number of benzene rings is 1. The van der Waals surface area contributed by atoms with Crippen molar-refractivity contribution in [3.63, 3.8) is 0 Å². The molecule has 89 valence electrons. The van der Waals surface area contributed by atoms with Crippen molar-refractivity contribution >= 4 is 0 Å². The molecule has 0 aromatic heterocycles. The molecule has 0 atom stereocenters. The zero-order valence-corrected chi connectivity index (χ0v) is 10.8. The normalized spacial score (nSPS) is 10.6. The van der Waals surface area contributed by atoms with Crippen LogP contribution in [0.3, 0.4) is 0 Å². The fourth-order valence-corrected chi connectivity index (χ4v) is 1.89. The van der Waals surface area contributed by atoms with Gasteiger partial charge in [-0.25, -0.2) is 0 Å². The summed E-state index contributed by atoms with van der Waals surface area (Å²) in [5.74, 6) is 0. The van der Waals surface area contributed by atoms with Crippen molar-refractivity contribution in [2.75, 3.05) is 0 Å². The first-order valence-electron chi connectivity index (χ1n) is 6.79. The lowest BCUT2D eigenvalue weighted by molar-refractivity contribution is 0.667. The van der Waals surface area contributed by atoms with Gasteiger partial charge in [-0.15, -0.1) is 0 Å². The molecule has 0 saturated heterocycles. The molecule has 0 heteroatoms. The van der Waals surface area contributed by atoms with Gasteiger partial charge in [0.25, 0.3) is 0 Å². The quantitative estimate of drug-likeness (QED) is 0.527. The van der Waals surface area contributed by atoms with Gasteiger partial charge in [0, 0.05) is 0 Å². The maximum Gasteiger partial charge on any atom is -0.00932 e. The Kier molecular flexibility index (Phi) is 6.96. The Morgan fingerprint density at radius 3 is 2.25 bits per heavy atom. The third-order valence-corrected chi connectivity index (χ3v) is 2.97. The molecule has 0 aliphatic carbocycles. The van der Waals surface area contributed by atoms with Crippen molar-refractivity contribution in [1.82, 2.24) is 0 Å². The fraction of sp³-hybridized carbons (Fsp3) is 0.562. The molecule has 0 unspecified atom stereocenters. The largest absolute Gasteiger partial charge is 0.0654 e. The van der Waals surface area contributed by atoms with Gasteiger partial charge in [-0.05, 0) is 36.8 Å². The zero-order valence-electron chi connectivity index (χ0n) is 10.8. The van der Waals surface area contributed by atoms with Crippen LogP contribution in [0.2, 0.25) is 0 Å². The van der Waals surface area contributed by atoms with Crippen molar-refractivity contribution in [3.05, 3.63) is 41.8 Å². The van der Waals surface area contributed by atoms with Crippen LogP contribution in [0.4, 0.5) is 0 Å². The lowest BCUT2D eigenvalue weighted by atomic mass is 10.0. The molecule has 0 spiro atoms. The van der Waals surface area contributed by atoms with Crippen LogP contribution in [0.5, 0.6) is 0 Å². The van der Waals surface area contributed by atoms with Gasteiger partial charge in [-0.3, -0.25) is 0 Å². The standard InChI is InChI=1S/C16H25/c1-3-5-7-8-10-16-13-11-15(12-14-16)9-6-4-2/h9,11-14H,3-8,10H2,1-2H3. The van der Waals surface area contributed by atoms with Gasteiger partial charge in [-0.2, -0.15) is 0 Å². The second kappa shape index (κ2) is 8.38. The van der Waals surface area contributed by atoms with Crippen molar-refractivity contribution in [1.29, 1.82) is 0 Å². The molecule has 1 radical (unpaired) electrons. The average molecular weight is 217 g/mol. The van der Waals surface area contributed by atoms with E-state index in [-0.39, 0.29) is 0 Å². The number of hydrogen-bond acceptors (Lipinski definition) is 0. The highest BCUT2D eigenvalue weighted by Gasteiger charge is 1.95. The summed E-state index contributed by atoms with van der Waals surface area (Å²) < 4.78 is 0. The fourth-order valence-electron chi connectivity index (χ4n) is 1.89. The van der Waals surface area contributed by atoms with Crippen LogP contribution < -0.4 is 0 Å². The van der Waals surface area contributed by atoms with Gasteiger partial charge in [-0.1, -0.05) is 63.8 Å². The number of aryl methyl sites for hydroxylation is 1. The van der Waals surface area contributed by atoms with Crippen LogP contribution in [0.15, 0.2) is 24.3 Å². The first kappa shape index (κ1) is 13.3. The Balaban J connectivity index is 2.27. The Bertz CT molecular complexity index is 258. The van der Waals surface area contributed by atoms with Gasteiger partial charge < -0.3 is 0 Å². The molecule has 0 amide bonds. The third kappa shape index (κ3) is 5.34. The zero-order chi connectivity index (χ0) is 11.6. The summed E-state index contributed by atoms with van der Waals surface area (Å²) in [6.45, 7) is 4.48. The smallest absolute Gasteiger partial charge is 0.00932 e. The average Bonchev–Trinajstić information content (AvgIpc) is 2.33. The minimum absolute atomic E-state index is 1.19. The van der Waals surface area contributed by atoms with Gasteiger partial charge in [0.2, 0.25) is 0 Å².